The van der Waals surface area contributed by atoms with Crippen LogP contribution in [0.4, 0.5) is 10.2 Å². The Morgan fingerprint density at radius 2 is 1.77 bits per heavy atom. The monoisotopic (exact) mass is 647 g/mol. The molecular formula is C36H50FN7O3. The molecule has 10 nitrogen and oxygen atoms in total. The molecule has 2 aromatic rings. The summed E-state index contributed by atoms with van der Waals surface area (Å²) < 4.78 is 20.7. The summed E-state index contributed by atoms with van der Waals surface area (Å²) in [6.07, 6.45) is 11.1. The molecular weight excluding hydrogens is 597 g/mol. The van der Waals surface area contributed by atoms with Gasteiger partial charge in [0.1, 0.15) is 17.9 Å². The number of rotatable bonds is 8. The molecule has 4 saturated heterocycles. The van der Waals surface area contributed by atoms with Gasteiger partial charge in [0.25, 0.3) is 5.91 Å². The first-order valence-electron chi connectivity index (χ1n) is 17.6. The molecule has 47 heavy (non-hydrogen) atoms. The van der Waals surface area contributed by atoms with Crippen LogP contribution in [0.1, 0.15) is 83.0 Å². The fourth-order valence-corrected chi connectivity index (χ4v) is 9.08. The highest BCUT2D eigenvalue weighted by Gasteiger charge is 2.57. The summed E-state index contributed by atoms with van der Waals surface area (Å²) in [6.45, 7) is 14.7. The van der Waals surface area contributed by atoms with Gasteiger partial charge in [-0.3, -0.25) is 9.59 Å². The van der Waals surface area contributed by atoms with Gasteiger partial charge in [0.15, 0.2) is 11.6 Å². The molecule has 0 bridgehead atoms. The molecule has 1 saturated carbocycles. The predicted molar refractivity (Wildman–Crippen MR) is 178 cm³/mol. The largest absolute Gasteiger partial charge is 0.451 e. The van der Waals surface area contributed by atoms with Crippen LogP contribution < -0.4 is 20.3 Å². The summed E-state index contributed by atoms with van der Waals surface area (Å²) in [5, 5.41) is 6.73. The van der Waals surface area contributed by atoms with Crippen LogP contribution in [-0.4, -0.2) is 95.0 Å². The van der Waals surface area contributed by atoms with Gasteiger partial charge >= 0.3 is 0 Å². The number of hydrogen-bond acceptors (Lipinski definition) is 8. The van der Waals surface area contributed by atoms with E-state index in [1.54, 1.807) is 11.1 Å². The van der Waals surface area contributed by atoms with Crippen LogP contribution >= 0.6 is 0 Å². The Morgan fingerprint density at radius 1 is 1.06 bits per heavy atom. The number of nitrogens with one attached hydrogen (secondary N) is 2. The first kappa shape index (κ1) is 32.2. The second-order valence-electron chi connectivity index (χ2n) is 15.7. The second kappa shape index (κ2) is 12.3. The van der Waals surface area contributed by atoms with E-state index in [1.165, 1.54) is 37.4 Å². The second-order valence-corrected chi connectivity index (χ2v) is 15.7. The van der Waals surface area contributed by atoms with Crippen molar-refractivity contribution in [1.29, 1.82) is 0 Å². The number of aromatic nitrogens is 2. The van der Waals surface area contributed by atoms with E-state index >= 15 is 0 Å². The molecule has 0 atom stereocenters. The summed E-state index contributed by atoms with van der Waals surface area (Å²) in [5.41, 5.74) is 0.363. The fraction of sp³-hybridized carbons (Fsp3) is 0.667. The van der Waals surface area contributed by atoms with Gasteiger partial charge in [0, 0.05) is 55.8 Å². The first-order chi connectivity index (χ1) is 22.5. The molecule has 3 spiro atoms. The molecule has 5 heterocycles. The van der Waals surface area contributed by atoms with Crippen LogP contribution in [0.2, 0.25) is 0 Å². The molecule has 5 aliphatic rings. The number of likely N-dealkylation sites (tertiary alicyclic amines) is 1. The molecule has 5 fully saturated rings. The van der Waals surface area contributed by atoms with E-state index in [1.807, 2.05) is 27.7 Å². The highest BCUT2D eigenvalue weighted by atomic mass is 19.1. The smallest absolute Gasteiger partial charge is 0.258 e. The van der Waals surface area contributed by atoms with Gasteiger partial charge in [0.05, 0.1) is 17.2 Å². The Hall–Kier alpha value is -3.31. The summed E-state index contributed by atoms with van der Waals surface area (Å²) in [4.78, 5) is 41.7. The maximum atomic E-state index is 14.4. The van der Waals surface area contributed by atoms with E-state index in [0.29, 0.717) is 23.2 Å². The molecule has 2 N–H and O–H groups in total. The SMILES string of the molecule is CC(C)N(C(=O)c1cc(F)ccc1Oc1cncnc1N1CC2(CCN(CC3CCC4(CC3)CC3(CNC3)C(=O)N4)CC2)C1)C(C)C. The van der Waals surface area contributed by atoms with Crippen LogP contribution in [0.25, 0.3) is 0 Å². The number of ether oxygens (including phenoxy) is 1. The molecule has 0 unspecified atom stereocenters. The van der Waals surface area contributed by atoms with E-state index < -0.39 is 5.82 Å². The van der Waals surface area contributed by atoms with Crippen molar-refractivity contribution in [3.05, 3.63) is 42.1 Å². The van der Waals surface area contributed by atoms with Crippen molar-refractivity contribution in [3.63, 3.8) is 0 Å². The van der Waals surface area contributed by atoms with Gasteiger partial charge in [-0.15, -0.1) is 0 Å². The van der Waals surface area contributed by atoms with Gasteiger partial charge < -0.3 is 30.1 Å². The molecule has 2 amide bonds. The lowest BCUT2D eigenvalue weighted by Crippen LogP contribution is -2.61. The zero-order valence-corrected chi connectivity index (χ0v) is 28.4. The average molecular weight is 648 g/mol. The number of hydrogen-bond donors (Lipinski definition) is 2. The van der Waals surface area contributed by atoms with Crippen molar-refractivity contribution < 1.29 is 18.7 Å². The maximum Gasteiger partial charge on any atom is 0.258 e. The van der Waals surface area contributed by atoms with Crippen LogP contribution in [0, 0.1) is 22.6 Å². The Kier molecular flexibility index (Phi) is 8.43. The zero-order valence-electron chi connectivity index (χ0n) is 28.4. The highest BCUT2D eigenvalue weighted by molar-refractivity contribution is 5.97. The molecule has 0 radical (unpaired) electrons. The van der Waals surface area contributed by atoms with Crippen LogP contribution in [0.3, 0.4) is 0 Å². The third-order valence-electron chi connectivity index (χ3n) is 11.7. The number of amides is 2. The van der Waals surface area contributed by atoms with Crippen LogP contribution in [0.15, 0.2) is 30.7 Å². The van der Waals surface area contributed by atoms with Gasteiger partial charge in [-0.05, 0) is 110 Å². The lowest BCUT2D eigenvalue weighted by Gasteiger charge is -2.55. The quantitative estimate of drug-likeness (QED) is 0.429. The van der Waals surface area contributed by atoms with Crippen molar-refractivity contribution in [1.82, 2.24) is 30.4 Å². The van der Waals surface area contributed by atoms with Gasteiger partial charge in [-0.25, -0.2) is 14.4 Å². The summed E-state index contributed by atoms with van der Waals surface area (Å²) >= 11 is 0. The van der Waals surface area contributed by atoms with Crippen LogP contribution in [-0.2, 0) is 4.79 Å². The normalized spacial score (nSPS) is 26.5. The summed E-state index contributed by atoms with van der Waals surface area (Å²) in [5.74, 6) is 1.70. The number of benzene rings is 1. The van der Waals surface area contributed by atoms with Crippen molar-refractivity contribution in [2.75, 3.05) is 50.7 Å². The summed E-state index contributed by atoms with van der Waals surface area (Å²) in [6, 6.07) is 3.99. The number of anilines is 1. The van der Waals surface area contributed by atoms with E-state index in [2.05, 4.69) is 30.4 Å². The Bertz CT molecular complexity index is 1480. The Balaban J connectivity index is 0.937. The van der Waals surface area contributed by atoms with E-state index in [4.69, 9.17) is 4.74 Å². The minimum Gasteiger partial charge on any atom is -0.451 e. The molecule has 1 aliphatic carbocycles. The minimum absolute atomic E-state index is 0.0386. The summed E-state index contributed by atoms with van der Waals surface area (Å²) in [7, 11) is 0. The van der Waals surface area contributed by atoms with Gasteiger partial charge in [-0.1, -0.05) is 0 Å². The fourth-order valence-electron chi connectivity index (χ4n) is 9.08. The third-order valence-corrected chi connectivity index (χ3v) is 11.7. The number of carbonyl (C=O) groups excluding carboxylic acids is 2. The molecule has 1 aromatic heterocycles. The van der Waals surface area contributed by atoms with E-state index in [0.717, 1.165) is 77.9 Å². The lowest BCUT2D eigenvalue weighted by atomic mass is 9.69. The molecule has 4 aliphatic heterocycles. The van der Waals surface area contributed by atoms with Crippen molar-refractivity contribution in [3.8, 4) is 11.5 Å². The molecule has 7 rings (SSSR count). The number of piperidine rings is 1. The molecule has 11 heteroatoms. The number of carbonyl (C=O) groups is 2. The number of halogens is 1. The van der Waals surface area contributed by atoms with E-state index in [9.17, 15) is 14.0 Å². The van der Waals surface area contributed by atoms with Crippen LogP contribution in [0.5, 0.6) is 11.5 Å². The topological polar surface area (TPSA) is 103 Å². The third kappa shape index (κ3) is 6.09. The Morgan fingerprint density at radius 3 is 2.38 bits per heavy atom. The standard InChI is InChI=1S/C36H50FN7O3/c1-24(2)44(25(3)4)32(45)28-15-27(37)5-6-29(28)47-30-16-38-23-40-31(30)43-21-34(22-43)11-13-42(14-12-34)17-26-7-9-36(10-8-26)18-35(19-39-20-35)33(46)41-36/h5-6,15-16,23-26,39H,7-14,17-22H2,1-4H3,(H,41,46). The first-order valence-corrected chi connectivity index (χ1v) is 17.6. The van der Waals surface area contributed by atoms with Gasteiger partial charge in [-0.2, -0.15) is 0 Å². The lowest BCUT2D eigenvalue weighted by molar-refractivity contribution is -0.130. The molecule has 254 valence electrons. The zero-order chi connectivity index (χ0) is 33.0. The van der Waals surface area contributed by atoms with E-state index in [-0.39, 0.29) is 45.8 Å². The van der Waals surface area contributed by atoms with Crippen molar-refractivity contribution in [2.24, 2.45) is 16.7 Å². The van der Waals surface area contributed by atoms with Crippen molar-refractivity contribution in [2.45, 2.75) is 90.3 Å². The van der Waals surface area contributed by atoms with Crippen molar-refractivity contribution >= 4 is 17.6 Å². The van der Waals surface area contributed by atoms with Gasteiger partial charge in [0.2, 0.25) is 5.91 Å². The molecule has 1 aromatic carbocycles. The minimum atomic E-state index is -0.483. The Labute approximate surface area is 277 Å². The predicted octanol–water partition coefficient (Wildman–Crippen LogP) is 4.61. The average Bonchev–Trinajstić information content (AvgIpc) is 3.30. The highest BCUT2D eigenvalue weighted by Crippen LogP contribution is 2.48. The number of nitrogens with zero attached hydrogens (tertiary/aromatic N) is 5. The maximum absolute atomic E-state index is 14.4.